The van der Waals surface area contributed by atoms with Crippen molar-refractivity contribution in [1.29, 1.82) is 0 Å². The molecule has 2 saturated carbocycles. The molecule has 0 aromatic carbocycles. The van der Waals surface area contributed by atoms with E-state index in [2.05, 4.69) is 38.3 Å². The molecule has 118 valence electrons. The highest BCUT2D eigenvalue weighted by atomic mass is 14.9. The molecule has 0 aromatic heterocycles. The topological polar surface area (TPSA) is 24.1 Å². The van der Waals surface area contributed by atoms with Crippen LogP contribution in [0, 0.1) is 16.7 Å². The quantitative estimate of drug-likeness (QED) is 0.703. The van der Waals surface area contributed by atoms with Crippen molar-refractivity contribution in [2.24, 2.45) is 16.7 Å². The standard InChI is InChI=1S/C18H36N2/c1-5-19-14-18(4)10-7-9-15(18)13-16(20-6-2)17(3)11-8-12-17/h15-16,19-20H,5-14H2,1-4H3. The number of hydrogen-bond donors (Lipinski definition) is 2. The molecule has 0 radical (unpaired) electrons. The van der Waals surface area contributed by atoms with Crippen LogP contribution in [0.15, 0.2) is 0 Å². The van der Waals surface area contributed by atoms with Crippen molar-refractivity contribution in [1.82, 2.24) is 10.6 Å². The van der Waals surface area contributed by atoms with Gasteiger partial charge in [-0.3, -0.25) is 0 Å². The normalized spacial score (nSPS) is 33.9. The lowest BCUT2D eigenvalue weighted by Gasteiger charge is -2.48. The summed E-state index contributed by atoms with van der Waals surface area (Å²) in [5.74, 6) is 0.906. The van der Waals surface area contributed by atoms with Gasteiger partial charge in [-0.1, -0.05) is 40.5 Å². The van der Waals surface area contributed by atoms with E-state index < -0.39 is 0 Å². The Morgan fingerprint density at radius 3 is 2.35 bits per heavy atom. The number of hydrogen-bond acceptors (Lipinski definition) is 2. The zero-order chi connectivity index (χ0) is 14.6. The average molecular weight is 281 g/mol. The van der Waals surface area contributed by atoms with Crippen LogP contribution in [0.25, 0.3) is 0 Å². The van der Waals surface area contributed by atoms with Gasteiger partial charge in [-0.05, 0) is 61.9 Å². The van der Waals surface area contributed by atoms with E-state index in [9.17, 15) is 0 Å². The summed E-state index contributed by atoms with van der Waals surface area (Å²) in [6, 6.07) is 0.741. The largest absolute Gasteiger partial charge is 0.316 e. The van der Waals surface area contributed by atoms with Crippen molar-refractivity contribution < 1.29 is 0 Å². The minimum Gasteiger partial charge on any atom is -0.316 e. The molecule has 0 saturated heterocycles. The van der Waals surface area contributed by atoms with Gasteiger partial charge in [0.1, 0.15) is 0 Å². The molecule has 20 heavy (non-hydrogen) atoms. The highest BCUT2D eigenvalue weighted by molar-refractivity contribution is 4.99. The fraction of sp³-hybridized carbons (Fsp3) is 1.00. The van der Waals surface area contributed by atoms with E-state index in [1.54, 1.807) is 0 Å². The van der Waals surface area contributed by atoms with Crippen molar-refractivity contribution in [3.8, 4) is 0 Å². The van der Waals surface area contributed by atoms with Gasteiger partial charge >= 0.3 is 0 Å². The lowest BCUT2D eigenvalue weighted by molar-refractivity contribution is 0.0659. The second-order valence-corrected chi connectivity index (χ2v) is 7.88. The first kappa shape index (κ1) is 16.3. The van der Waals surface area contributed by atoms with E-state index >= 15 is 0 Å². The van der Waals surface area contributed by atoms with Crippen molar-refractivity contribution in [2.75, 3.05) is 19.6 Å². The van der Waals surface area contributed by atoms with Crippen LogP contribution in [0.2, 0.25) is 0 Å². The van der Waals surface area contributed by atoms with Crippen molar-refractivity contribution in [2.45, 2.75) is 78.7 Å². The monoisotopic (exact) mass is 280 g/mol. The van der Waals surface area contributed by atoms with Gasteiger partial charge in [0.05, 0.1) is 0 Å². The Bertz CT molecular complexity index is 298. The van der Waals surface area contributed by atoms with Gasteiger partial charge in [-0.2, -0.15) is 0 Å². The maximum absolute atomic E-state index is 3.83. The van der Waals surface area contributed by atoms with Gasteiger partial charge in [0.25, 0.3) is 0 Å². The molecule has 2 aliphatic carbocycles. The molecule has 0 bridgehead atoms. The van der Waals surface area contributed by atoms with Crippen LogP contribution >= 0.6 is 0 Å². The first-order valence-electron chi connectivity index (χ1n) is 8.98. The molecule has 3 unspecified atom stereocenters. The third-order valence-corrected chi connectivity index (χ3v) is 6.37. The highest BCUT2D eigenvalue weighted by Gasteiger charge is 2.44. The molecule has 3 atom stereocenters. The average Bonchev–Trinajstić information content (AvgIpc) is 2.75. The number of nitrogens with one attached hydrogen (secondary N) is 2. The Morgan fingerprint density at radius 2 is 1.80 bits per heavy atom. The third kappa shape index (κ3) is 3.39. The molecule has 2 aliphatic rings. The molecule has 0 heterocycles. The van der Waals surface area contributed by atoms with E-state index in [0.29, 0.717) is 10.8 Å². The fourth-order valence-corrected chi connectivity index (χ4v) is 4.58. The molecule has 0 amide bonds. The Hall–Kier alpha value is -0.0800. The molecule has 0 aromatic rings. The Balaban J connectivity index is 1.98. The minimum absolute atomic E-state index is 0.532. The van der Waals surface area contributed by atoms with Gasteiger partial charge in [0, 0.05) is 12.6 Å². The zero-order valence-electron chi connectivity index (χ0n) is 14.2. The van der Waals surface area contributed by atoms with Crippen LogP contribution in [0.3, 0.4) is 0 Å². The van der Waals surface area contributed by atoms with E-state index in [0.717, 1.165) is 25.0 Å². The van der Waals surface area contributed by atoms with E-state index in [1.165, 1.54) is 51.5 Å². The fourth-order valence-electron chi connectivity index (χ4n) is 4.58. The summed E-state index contributed by atoms with van der Waals surface area (Å²) in [4.78, 5) is 0. The van der Waals surface area contributed by atoms with Crippen molar-refractivity contribution in [3.63, 3.8) is 0 Å². The Morgan fingerprint density at radius 1 is 1.05 bits per heavy atom. The van der Waals surface area contributed by atoms with Gasteiger partial charge in [-0.25, -0.2) is 0 Å². The zero-order valence-corrected chi connectivity index (χ0v) is 14.2. The highest BCUT2D eigenvalue weighted by Crippen LogP contribution is 2.50. The smallest absolute Gasteiger partial charge is 0.0124 e. The van der Waals surface area contributed by atoms with Gasteiger partial charge in [-0.15, -0.1) is 0 Å². The molecular formula is C18H36N2. The summed E-state index contributed by atoms with van der Waals surface area (Å²) >= 11 is 0. The number of rotatable bonds is 8. The molecule has 2 fully saturated rings. The van der Waals surface area contributed by atoms with Crippen LogP contribution in [0.4, 0.5) is 0 Å². The molecule has 2 N–H and O–H groups in total. The molecule has 0 spiro atoms. The second-order valence-electron chi connectivity index (χ2n) is 7.88. The predicted molar refractivity (Wildman–Crippen MR) is 88.0 cm³/mol. The summed E-state index contributed by atoms with van der Waals surface area (Å²) in [5.41, 5.74) is 1.11. The predicted octanol–water partition coefficient (Wildman–Crippen LogP) is 3.96. The maximum atomic E-state index is 3.83. The first-order chi connectivity index (χ1) is 9.54. The summed E-state index contributed by atoms with van der Waals surface area (Å²) in [6.45, 7) is 13.0. The maximum Gasteiger partial charge on any atom is 0.0124 e. The van der Waals surface area contributed by atoms with Crippen LogP contribution in [-0.2, 0) is 0 Å². The summed E-state index contributed by atoms with van der Waals surface area (Å²) in [6.07, 6.45) is 9.99. The van der Waals surface area contributed by atoms with Crippen LogP contribution < -0.4 is 10.6 Å². The second kappa shape index (κ2) is 6.79. The van der Waals surface area contributed by atoms with Crippen LogP contribution in [0.1, 0.15) is 72.6 Å². The molecule has 2 rings (SSSR count). The molecule has 2 heteroatoms. The first-order valence-corrected chi connectivity index (χ1v) is 8.98. The molecule has 0 aliphatic heterocycles. The summed E-state index contributed by atoms with van der Waals surface area (Å²) in [7, 11) is 0. The Kier molecular flexibility index (Phi) is 5.53. The summed E-state index contributed by atoms with van der Waals surface area (Å²) in [5, 5.41) is 7.44. The Labute approximate surface area is 126 Å². The lowest BCUT2D eigenvalue weighted by Crippen LogP contribution is -2.50. The van der Waals surface area contributed by atoms with E-state index in [-0.39, 0.29) is 0 Å². The van der Waals surface area contributed by atoms with E-state index in [1.807, 2.05) is 0 Å². The van der Waals surface area contributed by atoms with Gasteiger partial charge < -0.3 is 10.6 Å². The lowest BCUT2D eigenvalue weighted by atomic mass is 9.62. The molecule has 2 nitrogen and oxygen atoms in total. The van der Waals surface area contributed by atoms with Crippen molar-refractivity contribution >= 4 is 0 Å². The van der Waals surface area contributed by atoms with Crippen LogP contribution in [-0.4, -0.2) is 25.7 Å². The third-order valence-electron chi connectivity index (χ3n) is 6.37. The van der Waals surface area contributed by atoms with Crippen molar-refractivity contribution in [3.05, 3.63) is 0 Å². The summed E-state index contributed by atoms with van der Waals surface area (Å²) < 4.78 is 0. The van der Waals surface area contributed by atoms with Gasteiger partial charge in [0.15, 0.2) is 0 Å². The van der Waals surface area contributed by atoms with Gasteiger partial charge in [0.2, 0.25) is 0 Å². The molecular weight excluding hydrogens is 244 g/mol. The minimum atomic E-state index is 0.532. The van der Waals surface area contributed by atoms with E-state index in [4.69, 9.17) is 0 Å². The van der Waals surface area contributed by atoms with Crippen LogP contribution in [0.5, 0.6) is 0 Å². The SMILES string of the molecule is CCNCC1(C)CCCC1CC(NCC)C1(C)CCC1.